The fraction of sp³-hybridized carbons (Fsp3) is 0.300. The fourth-order valence-electron chi connectivity index (χ4n) is 1.34. The van der Waals surface area contributed by atoms with Crippen LogP contribution in [0, 0.1) is 0 Å². The molecule has 0 unspecified atom stereocenters. The quantitative estimate of drug-likeness (QED) is 0.738. The Kier molecular flexibility index (Phi) is 2.91. The summed E-state index contributed by atoms with van der Waals surface area (Å²) in [6.07, 6.45) is 4.75. The molecule has 0 spiro atoms. The smallest absolute Gasteiger partial charge is 0.182 e. The first-order valence-electron chi connectivity index (χ1n) is 4.65. The molecule has 0 saturated carbocycles. The van der Waals surface area contributed by atoms with Crippen molar-refractivity contribution < 1.29 is 4.79 Å². The van der Waals surface area contributed by atoms with Crippen LogP contribution in [0.5, 0.6) is 0 Å². The van der Waals surface area contributed by atoms with Crippen molar-refractivity contribution in [2.24, 2.45) is 7.05 Å². The Hall–Kier alpha value is -1.49. The van der Waals surface area contributed by atoms with Gasteiger partial charge in [-0.2, -0.15) is 0 Å². The number of thiazole rings is 1. The van der Waals surface area contributed by atoms with Crippen molar-refractivity contribution in [2.75, 3.05) is 0 Å². The van der Waals surface area contributed by atoms with Crippen molar-refractivity contribution >= 4 is 17.1 Å². The Balaban J connectivity index is 1.95. The Morgan fingerprint density at radius 1 is 1.53 bits per heavy atom. The molecule has 0 aromatic carbocycles. The Morgan fingerprint density at radius 2 is 2.40 bits per heavy atom. The highest BCUT2D eigenvalue weighted by atomic mass is 32.1. The predicted molar refractivity (Wildman–Crippen MR) is 58.0 cm³/mol. The summed E-state index contributed by atoms with van der Waals surface area (Å²) < 4.78 is 1.92. The van der Waals surface area contributed by atoms with Gasteiger partial charge in [0.2, 0.25) is 0 Å². The van der Waals surface area contributed by atoms with E-state index in [-0.39, 0.29) is 5.78 Å². The first-order chi connectivity index (χ1) is 7.27. The van der Waals surface area contributed by atoms with Gasteiger partial charge in [-0.05, 0) is 0 Å². The van der Waals surface area contributed by atoms with Gasteiger partial charge in [-0.15, -0.1) is 11.3 Å². The molecule has 78 valence electrons. The lowest BCUT2D eigenvalue weighted by Crippen LogP contribution is -2.04. The second kappa shape index (κ2) is 4.35. The van der Waals surface area contributed by atoms with Crippen molar-refractivity contribution in [3.05, 3.63) is 34.8 Å². The number of hydrogen-bond donors (Lipinski definition) is 0. The van der Waals surface area contributed by atoms with E-state index >= 15 is 0 Å². The second-order valence-corrected chi connectivity index (χ2v) is 3.97. The lowest BCUT2D eigenvalue weighted by Gasteiger charge is -1.99. The van der Waals surface area contributed by atoms with Gasteiger partial charge in [-0.3, -0.25) is 4.79 Å². The summed E-state index contributed by atoms with van der Waals surface area (Å²) in [4.78, 5) is 19.8. The Bertz CT molecular complexity index is 447. The van der Waals surface area contributed by atoms with E-state index in [9.17, 15) is 4.79 Å². The molecule has 2 aromatic heterocycles. The molecular weight excluding hydrogens is 210 g/mol. The molecule has 15 heavy (non-hydrogen) atoms. The molecule has 2 rings (SSSR count). The Morgan fingerprint density at radius 3 is 3.00 bits per heavy atom. The van der Waals surface area contributed by atoms with Crippen LogP contribution in [0.25, 0.3) is 0 Å². The van der Waals surface area contributed by atoms with E-state index in [2.05, 4.69) is 9.97 Å². The van der Waals surface area contributed by atoms with Crippen molar-refractivity contribution in [3.63, 3.8) is 0 Å². The maximum atomic E-state index is 11.6. The minimum absolute atomic E-state index is 0.0826. The third-order valence-corrected chi connectivity index (χ3v) is 2.80. The van der Waals surface area contributed by atoms with E-state index < -0.39 is 0 Å². The van der Waals surface area contributed by atoms with Gasteiger partial charge in [-0.1, -0.05) is 0 Å². The molecule has 5 heteroatoms. The molecule has 0 fully saturated rings. The molecule has 0 saturated heterocycles. The van der Waals surface area contributed by atoms with Gasteiger partial charge in [0.15, 0.2) is 5.78 Å². The molecule has 0 aliphatic heterocycles. The van der Waals surface area contributed by atoms with E-state index in [1.54, 1.807) is 17.1 Å². The number of hydrogen-bond acceptors (Lipinski definition) is 4. The summed E-state index contributed by atoms with van der Waals surface area (Å²) in [5.41, 5.74) is 2.24. The highest BCUT2D eigenvalue weighted by Crippen LogP contribution is 2.07. The largest absolute Gasteiger partial charge is 0.338 e. The standard InChI is InChI=1S/C10H11N3OS/c1-13-5-4-11-10(13)3-2-9(14)8-6-15-7-12-8/h4-7H,2-3H2,1H3. The lowest BCUT2D eigenvalue weighted by molar-refractivity contribution is 0.0978. The third-order valence-electron chi connectivity index (χ3n) is 2.21. The summed E-state index contributed by atoms with van der Waals surface area (Å²) in [6.45, 7) is 0. The normalized spacial score (nSPS) is 10.5. The zero-order chi connectivity index (χ0) is 10.7. The predicted octanol–water partition coefficient (Wildman–Crippen LogP) is 1.69. The Labute approximate surface area is 91.6 Å². The maximum absolute atomic E-state index is 11.6. The number of aromatic nitrogens is 3. The summed E-state index contributed by atoms with van der Waals surface area (Å²) in [6, 6.07) is 0. The monoisotopic (exact) mass is 221 g/mol. The number of carbonyl (C=O) groups is 1. The van der Waals surface area contributed by atoms with E-state index in [1.807, 2.05) is 17.8 Å². The van der Waals surface area contributed by atoms with Crippen LogP contribution >= 0.6 is 11.3 Å². The minimum Gasteiger partial charge on any atom is -0.338 e. The third kappa shape index (κ3) is 2.30. The molecule has 0 aliphatic rings. The number of imidazole rings is 1. The number of Topliss-reactive ketones (excluding diaryl/α,β-unsaturated/α-hetero) is 1. The van der Waals surface area contributed by atoms with E-state index in [1.165, 1.54) is 11.3 Å². The van der Waals surface area contributed by atoms with Crippen LogP contribution < -0.4 is 0 Å². The van der Waals surface area contributed by atoms with Gasteiger partial charge in [0, 0.05) is 37.7 Å². The summed E-state index contributed by atoms with van der Waals surface area (Å²) >= 11 is 1.44. The first-order valence-corrected chi connectivity index (χ1v) is 5.59. The molecule has 2 heterocycles. The summed E-state index contributed by atoms with van der Waals surface area (Å²) in [5, 5.41) is 1.78. The number of carbonyl (C=O) groups excluding carboxylic acids is 1. The van der Waals surface area contributed by atoms with E-state index in [0.717, 1.165) is 5.82 Å². The van der Waals surface area contributed by atoms with Crippen LogP contribution in [0.2, 0.25) is 0 Å². The first kappa shape index (κ1) is 10.0. The minimum atomic E-state index is 0.0826. The number of rotatable bonds is 4. The molecule has 0 N–H and O–H groups in total. The average Bonchev–Trinajstić information content (AvgIpc) is 2.85. The molecular formula is C10H11N3OS. The van der Waals surface area contributed by atoms with Crippen molar-refractivity contribution in [1.29, 1.82) is 0 Å². The average molecular weight is 221 g/mol. The van der Waals surface area contributed by atoms with Crippen LogP contribution in [0.1, 0.15) is 22.7 Å². The van der Waals surface area contributed by atoms with Gasteiger partial charge < -0.3 is 4.57 Å². The van der Waals surface area contributed by atoms with Crippen molar-refractivity contribution in [1.82, 2.24) is 14.5 Å². The number of aryl methyl sites for hydroxylation is 2. The molecule has 0 atom stereocenters. The zero-order valence-corrected chi connectivity index (χ0v) is 9.20. The highest BCUT2D eigenvalue weighted by Gasteiger charge is 2.09. The van der Waals surface area contributed by atoms with Crippen LogP contribution in [0.4, 0.5) is 0 Å². The molecule has 2 aromatic rings. The van der Waals surface area contributed by atoms with Crippen LogP contribution in [-0.2, 0) is 13.5 Å². The topological polar surface area (TPSA) is 47.8 Å². The summed E-state index contributed by atoms with van der Waals surface area (Å²) in [5.74, 6) is 1.01. The molecule has 0 bridgehead atoms. The molecule has 0 radical (unpaired) electrons. The second-order valence-electron chi connectivity index (χ2n) is 3.25. The number of nitrogens with zero attached hydrogens (tertiary/aromatic N) is 3. The zero-order valence-electron chi connectivity index (χ0n) is 8.38. The van der Waals surface area contributed by atoms with E-state index in [4.69, 9.17) is 0 Å². The van der Waals surface area contributed by atoms with Gasteiger partial charge in [0.1, 0.15) is 11.5 Å². The van der Waals surface area contributed by atoms with Crippen molar-refractivity contribution in [3.8, 4) is 0 Å². The molecule has 0 aliphatic carbocycles. The van der Waals surface area contributed by atoms with Gasteiger partial charge in [0.25, 0.3) is 0 Å². The SMILES string of the molecule is Cn1ccnc1CCC(=O)c1cscn1. The maximum Gasteiger partial charge on any atom is 0.182 e. The molecule has 0 amide bonds. The lowest BCUT2D eigenvalue weighted by atomic mass is 10.2. The highest BCUT2D eigenvalue weighted by molar-refractivity contribution is 7.07. The van der Waals surface area contributed by atoms with Gasteiger partial charge in [-0.25, -0.2) is 9.97 Å². The number of ketones is 1. The van der Waals surface area contributed by atoms with Crippen LogP contribution in [0.3, 0.4) is 0 Å². The van der Waals surface area contributed by atoms with E-state index in [0.29, 0.717) is 18.5 Å². The summed E-state index contributed by atoms with van der Waals surface area (Å²) in [7, 11) is 1.93. The molecule has 4 nitrogen and oxygen atoms in total. The van der Waals surface area contributed by atoms with Crippen LogP contribution in [-0.4, -0.2) is 20.3 Å². The van der Waals surface area contributed by atoms with Gasteiger partial charge in [0.05, 0.1) is 5.51 Å². The van der Waals surface area contributed by atoms with Crippen molar-refractivity contribution in [2.45, 2.75) is 12.8 Å². The fourth-order valence-corrected chi connectivity index (χ4v) is 1.90. The van der Waals surface area contributed by atoms with Gasteiger partial charge >= 0.3 is 0 Å². The van der Waals surface area contributed by atoms with Crippen LogP contribution in [0.15, 0.2) is 23.3 Å².